The van der Waals surface area contributed by atoms with Gasteiger partial charge >= 0.3 is 0 Å². The van der Waals surface area contributed by atoms with Crippen molar-refractivity contribution in [3.05, 3.63) is 23.9 Å². The first kappa shape index (κ1) is 10.3. The first-order chi connectivity index (χ1) is 7.29. The molecule has 1 aliphatic rings. The Morgan fingerprint density at radius 1 is 1.47 bits per heavy atom. The van der Waals surface area contributed by atoms with E-state index in [9.17, 15) is 4.79 Å². The van der Waals surface area contributed by atoms with Gasteiger partial charge in [0, 0.05) is 30.8 Å². The van der Waals surface area contributed by atoms with Gasteiger partial charge in [-0.25, -0.2) is 4.98 Å². The molecular weight excluding hydrogens is 210 g/mol. The molecule has 4 nitrogen and oxygen atoms in total. The number of amides is 1. The van der Waals surface area contributed by atoms with Crippen LogP contribution in [0.25, 0.3) is 0 Å². The fourth-order valence-corrected chi connectivity index (χ4v) is 2.52. The molecule has 1 aromatic heterocycles. The molecule has 15 heavy (non-hydrogen) atoms. The second kappa shape index (κ2) is 4.53. The average Bonchev–Trinajstić information content (AvgIpc) is 2.30. The molecule has 0 radical (unpaired) electrons. The number of anilines is 1. The van der Waals surface area contributed by atoms with Gasteiger partial charge in [-0.2, -0.15) is 11.8 Å². The summed E-state index contributed by atoms with van der Waals surface area (Å²) >= 11 is 1.92. The van der Waals surface area contributed by atoms with Gasteiger partial charge < -0.3 is 10.6 Å². The van der Waals surface area contributed by atoms with Gasteiger partial charge in [0.05, 0.1) is 5.56 Å². The van der Waals surface area contributed by atoms with Crippen LogP contribution < -0.4 is 10.6 Å². The number of nitrogens with two attached hydrogens (primary N) is 1. The summed E-state index contributed by atoms with van der Waals surface area (Å²) in [7, 11) is 0. The monoisotopic (exact) mass is 223 g/mol. The highest BCUT2D eigenvalue weighted by Crippen LogP contribution is 2.20. The first-order valence-corrected chi connectivity index (χ1v) is 6.02. The van der Waals surface area contributed by atoms with E-state index in [2.05, 4.69) is 9.88 Å². The molecule has 0 aromatic carbocycles. The summed E-state index contributed by atoms with van der Waals surface area (Å²) < 4.78 is 0. The molecule has 1 fully saturated rings. The Morgan fingerprint density at radius 3 is 2.87 bits per heavy atom. The van der Waals surface area contributed by atoms with Crippen LogP contribution in [0, 0.1) is 0 Å². The summed E-state index contributed by atoms with van der Waals surface area (Å²) in [6.07, 6.45) is 1.70. The van der Waals surface area contributed by atoms with Crippen LogP contribution in [-0.2, 0) is 0 Å². The van der Waals surface area contributed by atoms with Crippen molar-refractivity contribution in [1.29, 1.82) is 0 Å². The highest BCUT2D eigenvalue weighted by atomic mass is 32.2. The Hall–Kier alpha value is -1.23. The molecule has 2 heterocycles. The van der Waals surface area contributed by atoms with Gasteiger partial charge in [0.15, 0.2) is 0 Å². The van der Waals surface area contributed by atoms with E-state index in [0.717, 1.165) is 30.4 Å². The van der Waals surface area contributed by atoms with Gasteiger partial charge in [0.2, 0.25) is 0 Å². The van der Waals surface area contributed by atoms with Crippen LogP contribution in [0.4, 0.5) is 5.82 Å². The zero-order chi connectivity index (χ0) is 10.7. The minimum atomic E-state index is -0.406. The fraction of sp³-hybridized carbons (Fsp3) is 0.400. The predicted octanol–water partition coefficient (Wildman–Crippen LogP) is 0.734. The van der Waals surface area contributed by atoms with Crippen LogP contribution in [0.2, 0.25) is 0 Å². The van der Waals surface area contributed by atoms with Gasteiger partial charge in [-0.3, -0.25) is 4.79 Å². The van der Waals surface area contributed by atoms with Crippen LogP contribution in [0.15, 0.2) is 18.3 Å². The fourth-order valence-electron chi connectivity index (χ4n) is 1.62. The molecule has 80 valence electrons. The van der Waals surface area contributed by atoms with Gasteiger partial charge in [-0.05, 0) is 12.1 Å². The van der Waals surface area contributed by atoms with Crippen LogP contribution in [0.3, 0.4) is 0 Å². The highest BCUT2D eigenvalue weighted by Gasteiger charge is 2.17. The number of hydrogen-bond donors (Lipinski definition) is 1. The number of hydrogen-bond acceptors (Lipinski definition) is 4. The molecule has 2 N–H and O–H groups in total. The molecule has 5 heteroatoms. The van der Waals surface area contributed by atoms with Crippen LogP contribution in [-0.4, -0.2) is 35.5 Å². The number of pyridine rings is 1. The van der Waals surface area contributed by atoms with Crippen LogP contribution >= 0.6 is 11.8 Å². The predicted molar refractivity (Wildman–Crippen MR) is 62.3 cm³/mol. The number of thioether (sulfide) groups is 1. The second-order valence-electron chi connectivity index (χ2n) is 3.34. The third kappa shape index (κ3) is 2.23. The molecule has 1 aliphatic heterocycles. The standard InChI is InChI=1S/C10H13N3OS/c11-9(14)8-2-1-3-12-10(8)13-4-6-15-7-5-13/h1-3H,4-7H2,(H2,11,14). The molecule has 0 atom stereocenters. The largest absolute Gasteiger partial charge is 0.365 e. The maximum absolute atomic E-state index is 11.2. The van der Waals surface area contributed by atoms with Gasteiger partial charge in [-0.15, -0.1) is 0 Å². The van der Waals surface area contributed by atoms with Crippen molar-refractivity contribution < 1.29 is 4.79 Å². The van der Waals surface area contributed by atoms with Gasteiger partial charge in [0.1, 0.15) is 5.82 Å². The SMILES string of the molecule is NC(=O)c1cccnc1N1CCSCC1. The number of nitrogens with zero attached hydrogens (tertiary/aromatic N) is 2. The molecule has 0 aliphatic carbocycles. The number of carbonyl (C=O) groups excluding carboxylic acids is 1. The summed E-state index contributed by atoms with van der Waals surface area (Å²) in [6, 6.07) is 3.47. The summed E-state index contributed by atoms with van der Waals surface area (Å²) in [5, 5.41) is 0. The number of carbonyl (C=O) groups is 1. The summed E-state index contributed by atoms with van der Waals surface area (Å²) in [5.74, 6) is 2.48. The number of aromatic nitrogens is 1. The Morgan fingerprint density at radius 2 is 2.20 bits per heavy atom. The van der Waals surface area contributed by atoms with Crippen molar-refractivity contribution in [1.82, 2.24) is 4.98 Å². The molecule has 0 saturated carbocycles. The van der Waals surface area contributed by atoms with Crippen molar-refractivity contribution in [3.8, 4) is 0 Å². The Bertz CT molecular complexity index is 363. The Labute approximate surface area is 92.9 Å². The Kier molecular flexibility index (Phi) is 3.11. The highest BCUT2D eigenvalue weighted by molar-refractivity contribution is 7.99. The summed E-state index contributed by atoms with van der Waals surface area (Å²) in [4.78, 5) is 17.6. The maximum Gasteiger partial charge on any atom is 0.252 e. The van der Waals surface area contributed by atoms with Crippen LogP contribution in [0.5, 0.6) is 0 Å². The molecule has 2 rings (SSSR count). The smallest absolute Gasteiger partial charge is 0.252 e. The van der Waals surface area contributed by atoms with Crippen molar-refractivity contribution in [2.45, 2.75) is 0 Å². The number of rotatable bonds is 2. The van der Waals surface area contributed by atoms with E-state index in [4.69, 9.17) is 5.73 Å². The lowest BCUT2D eigenvalue weighted by atomic mass is 10.2. The van der Waals surface area contributed by atoms with Crippen LogP contribution in [0.1, 0.15) is 10.4 Å². The minimum Gasteiger partial charge on any atom is -0.365 e. The quantitative estimate of drug-likeness (QED) is 0.803. The van der Waals surface area contributed by atoms with E-state index >= 15 is 0 Å². The third-order valence-electron chi connectivity index (χ3n) is 2.36. The van der Waals surface area contributed by atoms with Crippen molar-refractivity contribution in [3.63, 3.8) is 0 Å². The third-order valence-corrected chi connectivity index (χ3v) is 3.31. The lowest BCUT2D eigenvalue weighted by Crippen LogP contribution is -2.34. The average molecular weight is 223 g/mol. The van der Waals surface area contributed by atoms with E-state index < -0.39 is 5.91 Å². The normalized spacial score (nSPS) is 16.4. The molecule has 0 spiro atoms. The first-order valence-electron chi connectivity index (χ1n) is 4.86. The Balaban J connectivity index is 2.29. The minimum absolute atomic E-state index is 0.406. The maximum atomic E-state index is 11.2. The van der Waals surface area contributed by atoms with E-state index in [1.54, 1.807) is 18.3 Å². The number of primary amides is 1. The van der Waals surface area contributed by atoms with E-state index in [1.807, 2.05) is 11.8 Å². The molecule has 0 bridgehead atoms. The van der Waals surface area contributed by atoms with Gasteiger partial charge in [-0.1, -0.05) is 0 Å². The van der Waals surface area contributed by atoms with E-state index in [-0.39, 0.29) is 0 Å². The zero-order valence-corrected chi connectivity index (χ0v) is 9.17. The lowest BCUT2D eigenvalue weighted by Gasteiger charge is -2.28. The zero-order valence-electron chi connectivity index (χ0n) is 8.35. The summed E-state index contributed by atoms with van der Waals surface area (Å²) in [5.41, 5.74) is 5.83. The second-order valence-corrected chi connectivity index (χ2v) is 4.56. The lowest BCUT2D eigenvalue weighted by molar-refractivity contribution is 0.100. The van der Waals surface area contributed by atoms with Crippen molar-refractivity contribution in [2.75, 3.05) is 29.5 Å². The molecule has 1 aromatic rings. The van der Waals surface area contributed by atoms with Gasteiger partial charge in [0.25, 0.3) is 5.91 Å². The molecule has 1 amide bonds. The van der Waals surface area contributed by atoms with E-state index in [1.165, 1.54) is 0 Å². The van der Waals surface area contributed by atoms with E-state index in [0.29, 0.717) is 5.56 Å². The van der Waals surface area contributed by atoms with Crippen molar-refractivity contribution in [2.24, 2.45) is 5.73 Å². The molecular formula is C10H13N3OS. The summed E-state index contributed by atoms with van der Waals surface area (Å²) in [6.45, 7) is 1.86. The van der Waals surface area contributed by atoms with Crippen molar-refractivity contribution >= 4 is 23.5 Å². The topological polar surface area (TPSA) is 59.2 Å². The molecule has 0 unspecified atom stereocenters. The molecule has 1 saturated heterocycles.